The molecule has 0 aromatic carbocycles. The highest BCUT2D eigenvalue weighted by Crippen LogP contribution is 2.11. The van der Waals surface area contributed by atoms with Gasteiger partial charge in [0.15, 0.2) is 0 Å². The maximum Gasteiger partial charge on any atom is 0.330 e. The largest absolute Gasteiger partial charge is 0.396 e. The van der Waals surface area contributed by atoms with E-state index in [1.807, 2.05) is 13.8 Å². The molecule has 1 aromatic heterocycles. The van der Waals surface area contributed by atoms with Crippen molar-refractivity contribution in [2.24, 2.45) is 5.92 Å². The molecule has 0 aliphatic heterocycles. The number of aromatic amines is 1. The molecule has 1 atom stereocenters. The molecule has 0 fully saturated rings. The molecule has 0 saturated carbocycles. The first-order chi connectivity index (χ1) is 8.51. The van der Waals surface area contributed by atoms with Crippen molar-refractivity contribution in [2.45, 2.75) is 26.8 Å². The van der Waals surface area contributed by atoms with E-state index >= 15 is 0 Å². The van der Waals surface area contributed by atoms with Gasteiger partial charge in [0.25, 0.3) is 5.56 Å². The molecule has 5 N–H and O–H groups in total. The van der Waals surface area contributed by atoms with Gasteiger partial charge in [0.2, 0.25) is 0 Å². The minimum atomic E-state index is -0.532. The number of nitrogens with zero attached hydrogens (tertiary/aromatic N) is 1. The van der Waals surface area contributed by atoms with Gasteiger partial charge in [0, 0.05) is 19.7 Å². The average Bonchev–Trinajstić information content (AvgIpc) is 2.33. The van der Waals surface area contributed by atoms with Crippen LogP contribution in [0.15, 0.2) is 9.59 Å². The number of nitrogen functional groups attached to an aromatic ring is 1. The number of aliphatic hydroxyl groups excluding tert-OH is 1. The number of hydrogen-bond donors (Lipinski definition) is 4. The van der Waals surface area contributed by atoms with Crippen molar-refractivity contribution in [3.8, 4) is 0 Å². The van der Waals surface area contributed by atoms with E-state index in [1.54, 1.807) is 0 Å². The Morgan fingerprint density at radius 2 is 2.17 bits per heavy atom. The molecule has 7 nitrogen and oxygen atoms in total. The van der Waals surface area contributed by atoms with Crippen molar-refractivity contribution >= 4 is 11.5 Å². The molecule has 0 amide bonds. The lowest BCUT2D eigenvalue weighted by Gasteiger charge is -2.15. The Balaban J connectivity index is 3.07. The molecule has 0 aliphatic carbocycles. The van der Waals surface area contributed by atoms with Crippen LogP contribution in [0, 0.1) is 5.92 Å². The number of H-pyrrole nitrogens is 1. The maximum atomic E-state index is 11.6. The normalized spacial score (nSPS) is 12.4. The smallest absolute Gasteiger partial charge is 0.330 e. The third kappa shape index (κ3) is 3.13. The molecule has 102 valence electrons. The topological polar surface area (TPSA) is 113 Å². The number of aromatic nitrogens is 2. The molecule has 1 rings (SSSR count). The van der Waals surface area contributed by atoms with Gasteiger partial charge in [0.05, 0.1) is 0 Å². The number of hydrogen-bond acceptors (Lipinski definition) is 5. The van der Waals surface area contributed by atoms with Crippen LogP contribution in [0.3, 0.4) is 0 Å². The van der Waals surface area contributed by atoms with Gasteiger partial charge in [-0.1, -0.05) is 13.8 Å². The first-order valence-corrected chi connectivity index (χ1v) is 5.98. The number of aliphatic hydroxyl groups is 1. The van der Waals surface area contributed by atoms with E-state index in [2.05, 4.69) is 10.3 Å². The molecular weight excluding hydrogens is 236 g/mol. The van der Waals surface area contributed by atoms with E-state index in [9.17, 15) is 9.59 Å². The highest BCUT2D eigenvalue weighted by atomic mass is 16.3. The number of nitrogens with one attached hydrogen (secondary N) is 2. The molecule has 0 aliphatic rings. The SMILES string of the molecule is CCCn1c(N)c(NCC(C)CO)c(=O)[nH]c1=O. The summed E-state index contributed by atoms with van der Waals surface area (Å²) in [5, 5.41) is 11.8. The molecule has 1 unspecified atom stereocenters. The Kier molecular flexibility index (Phi) is 4.96. The van der Waals surface area contributed by atoms with Crippen LogP contribution in [0.4, 0.5) is 11.5 Å². The number of rotatable bonds is 6. The summed E-state index contributed by atoms with van der Waals surface area (Å²) in [5.41, 5.74) is 4.97. The molecule has 18 heavy (non-hydrogen) atoms. The highest BCUT2D eigenvalue weighted by molar-refractivity contribution is 5.60. The minimum absolute atomic E-state index is 0.00430. The van der Waals surface area contributed by atoms with Crippen LogP contribution in [0.1, 0.15) is 20.3 Å². The highest BCUT2D eigenvalue weighted by Gasteiger charge is 2.12. The summed E-state index contributed by atoms with van der Waals surface area (Å²) in [5.74, 6) is 0.131. The predicted octanol–water partition coefficient (Wildman–Crippen LogP) is -0.431. The third-order valence-electron chi connectivity index (χ3n) is 2.63. The molecule has 0 radical (unpaired) electrons. The molecule has 0 bridgehead atoms. The second-order valence-electron chi connectivity index (χ2n) is 4.34. The van der Waals surface area contributed by atoms with Crippen molar-refractivity contribution in [3.63, 3.8) is 0 Å². The van der Waals surface area contributed by atoms with Crippen LogP contribution in [0.5, 0.6) is 0 Å². The Morgan fingerprint density at radius 1 is 1.50 bits per heavy atom. The standard InChI is InChI=1S/C11H20N4O3/c1-3-4-15-9(12)8(10(17)14-11(15)18)13-5-7(2)6-16/h7,13,16H,3-6,12H2,1-2H3,(H,14,17,18). The van der Waals surface area contributed by atoms with Gasteiger partial charge >= 0.3 is 5.69 Å². The second-order valence-corrected chi connectivity index (χ2v) is 4.34. The fraction of sp³-hybridized carbons (Fsp3) is 0.636. The molecule has 0 spiro atoms. The van der Waals surface area contributed by atoms with Crippen molar-refractivity contribution in [2.75, 3.05) is 24.2 Å². The molecule has 1 heterocycles. The summed E-state index contributed by atoms with van der Waals surface area (Å²) in [4.78, 5) is 25.4. The second kappa shape index (κ2) is 6.25. The Morgan fingerprint density at radius 3 is 2.72 bits per heavy atom. The summed E-state index contributed by atoms with van der Waals surface area (Å²) < 4.78 is 1.33. The van der Waals surface area contributed by atoms with Crippen LogP contribution < -0.4 is 22.3 Å². The van der Waals surface area contributed by atoms with Crippen molar-refractivity contribution in [3.05, 3.63) is 20.8 Å². The first kappa shape index (κ1) is 14.3. The van der Waals surface area contributed by atoms with E-state index in [1.165, 1.54) is 4.57 Å². The van der Waals surface area contributed by atoms with Gasteiger partial charge in [-0.15, -0.1) is 0 Å². The average molecular weight is 256 g/mol. The lowest BCUT2D eigenvalue weighted by molar-refractivity contribution is 0.244. The van der Waals surface area contributed by atoms with Gasteiger partial charge in [-0.3, -0.25) is 14.3 Å². The van der Waals surface area contributed by atoms with Crippen LogP contribution >= 0.6 is 0 Å². The van der Waals surface area contributed by atoms with E-state index < -0.39 is 11.2 Å². The fourth-order valence-electron chi connectivity index (χ4n) is 1.55. The van der Waals surface area contributed by atoms with Gasteiger partial charge in [-0.25, -0.2) is 4.79 Å². The zero-order chi connectivity index (χ0) is 13.7. The Bertz CT molecular complexity index is 506. The number of nitrogens with two attached hydrogens (primary N) is 1. The fourth-order valence-corrected chi connectivity index (χ4v) is 1.55. The van der Waals surface area contributed by atoms with Gasteiger partial charge in [-0.05, 0) is 12.3 Å². The maximum absolute atomic E-state index is 11.6. The summed E-state index contributed by atoms with van der Waals surface area (Å²) >= 11 is 0. The van der Waals surface area contributed by atoms with Crippen molar-refractivity contribution in [1.82, 2.24) is 9.55 Å². The number of anilines is 2. The van der Waals surface area contributed by atoms with E-state index in [0.29, 0.717) is 13.1 Å². The molecule has 7 heteroatoms. The van der Waals surface area contributed by atoms with Crippen LogP contribution in [-0.2, 0) is 6.54 Å². The minimum Gasteiger partial charge on any atom is -0.396 e. The lowest BCUT2D eigenvalue weighted by Crippen LogP contribution is -2.34. The summed E-state index contributed by atoms with van der Waals surface area (Å²) in [6.07, 6.45) is 0.739. The van der Waals surface area contributed by atoms with Gasteiger partial charge in [-0.2, -0.15) is 0 Å². The molecular formula is C11H20N4O3. The third-order valence-corrected chi connectivity index (χ3v) is 2.63. The zero-order valence-corrected chi connectivity index (χ0v) is 10.7. The van der Waals surface area contributed by atoms with Crippen molar-refractivity contribution < 1.29 is 5.11 Å². The Hall–Kier alpha value is -1.76. The van der Waals surface area contributed by atoms with E-state index in [4.69, 9.17) is 10.8 Å². The summed E-state index contributed by atoms with van der Waals surface area (Å²) in [6, 6.07) is 0. The zero-order valence-electron chi connectivity index (χ0n) is 10.7. The van der Waals surface area contributed by atoms with Crippen molar-refractivity contribution in [1.29, 1.82) is 0 Å². The monoisotopic (exact) mass is 256 g/mol. The van der Waals surface area contributed by atoms with Crippen LogP contribution in [0.25, 0.3) is 0 Å². The van der Waals surface area contributed by atoms with Crippen LogP contribution in [0.2, 0.25) is 0 Å². The predicted molar refractivity (Wildman–Crippen MR) is 70.8 cm³/mol. The summed E-state index contributed by atoms with van der Waals surface area (Å²) in [7, 11) is 0. The van der Waals surface area contributed by atoms with E-state index in [0.717, 1.165) is 6.42 Å². The first-order valence-electron chi connectivity index (χ1n) is 5.98. The van der Waals surface area contributed by atoms with Gasteiger partial charge in [0.1, 0.15) is 11.5 Å². The lowest BCUT2D eigenvalue weighted by atomic mass is 10.2. The summed E-state index contributed by atoms with van der Waals surface area (Å²) in [6.45, 7) is 4.62. The van der Waals surface area contributed by atoms with E-state index in [-0.39, 0.29) is 24.0 Å². The van der Waals surface area contributed by atoms with Crippen LogP contribution in [-0.4, -0.2) is 27.8 Å². The van der Waals surface area contributed by atoms with Gasteiger partial charge < -0.3 is 16.2 Å². The molecule has 0 saturated heterocycles. The Labute approximate surface area is 105 Å². The molecule has 1 aromatic rings. The quantitative estimate of drug-likeness (QED) is 0.551.